The van der Waals surface area contributed by atoms with E-state index in [0.717, 1.165) is 9.95 Å². The molecule has 0 radical (unpaired) electrons. The molecule has 1 rings (SSSR count). The van der Waals surface area contributed by atoms with Gasteiger partial charge in [-0.3, -0.25) is 0 Å². The van der Waals surface area contributed by atoms with Crippen LogP contribution in [0.4, 0.5) is 0 Å². The van der Waals surface area contributed by atoms with Gasteiger partial charge >= 0.3 is 0 Å². The molecule has 0 bridgehead atoms. The lowest BCUT2D eigenvalue weighted by atomic mass is 10.2. The Labute approximate surface area is 120 Å². The lowest BCUT2D eigenvalue weighted by molar-refractivity contribution is 0.0836. The van der Waals surface area contributed by atoms with E-state index in [2.05, 4.69) is 32.1 Å². The Morgan fingerprint density at radius 1 is 1.33 bits per heavy atom. The Bertz CT molecular complexity index is 398. The third-order valence-corrected chi connectivity index (χ3v) is 3.74. The molecule has 1 atom stereocenters. The van der Waals surface area contributed by atoms with Gasteiger partial charge in [0.1, 0.15) is 0 Å². The average molecular weight is 280 g/mol. The molecule has 0 aliphatic rings. The highest BCUT2D eigenvalue weighted by Crippen LogP contribution is 2.12. The molecule has 1 aromatic rings. The molecule has 0 spiro atoms. The van der Waals surface area contributed by atoms with E-state index in [-0.39, 0.29) is 6.10 Å². The first-order valence-electron chi connectivity index (χ1n) is 6.04. The molecule has 1 unspecified atom stereocenters. The fraction of sp³-hybridized carbons (Fsp3) is 0.400. The Morgan fingerprint density at radius 2 is 2.00 bits per heavy atom. The fourth-order valence-electron chi connectivity index (χ4n) is 1.51. The Kier molecular flexibility index (Phi) is 7.25. The minimum absolute atomic E-state index is 0.135. The standard InChI is InChI=1S/C15H20OS2/c1-12(11-18-14(3)17)9-13(2)16-10-15-7-5-4-6-8-15/h4-9,13H,10-11H2,1-3H3/b12-9-. The summed E-state index contributed by atoms with van der Waals surface area (Å²) < 4.78 is 6.77. The predicted molar refractivity (Wildman–Crippen MR) is 85.2 cm³/mol. The lowest BCUT2D eigenvalue weighted by Crippen LogP contribution is -2.06. The maximum atomic E-state index is 5.79. The van der Waals surface area contributed by atoms with E-state index >= 15 is 0 Å². The van der Waals surface area contributed by atoms with Crippen molar-refractivity contribution >= 4 is 28.2 Å². The summed E-state index contributed by atoms with van der Waals surface area (Å²) in [4.78, 5) is 0. The van der Waals surface area contributed by atoms with Crippen LogP contribution < -0.4 is 0 Å². The molecular formula is C15H20OS2. The number of thioether (sulfide) groups is 1. The minimum atomic E-state index is 0.135. The van der Waals surface area contributed by atoms with E-state index < -0.39 is 0 Å². The maximum Gasteiger partial charge on any atom is 0.0735 e. The summed E-state index contributed by atoms with van der Waals surface area (Å²) >= 11 is 6.75. The monoisotopic (exact) mass is 280 g/mol. The van der Waals surface area contributed by atoms with Crippen LogP contribution in [-0.4, -0.2) is 16.1 Å². The van der Waals surface area contributed by atoms with Gasteiger partial charge in [0.05, 0.1) is 12.7 Å². The predicted octanol–water partition coefficient (Wildman–Crippen LogP) is 4.62. The van der Waals surface area contributed by atoms with Crippen molar-refractivity contribution in [1.82, 2.24) is 0 Å². The molecule has 18 heavy (non-hydrogen) atoms. The molecule has 0 aliphatic carbocycles. The van der Waals surface area contributed by atoms with Gasteiger partial charge in [0.2, 0.25) is 0 Å². The number of hydrogen-bond donors (Lipinski definition) is 0. The first-order chi connectivity index (χ1) is 8.58. The summed E-state index contributed by atoms with van der Waals surface area (Å²) in [6.45, 7) is 6.81. The van der Waals surface area contributed by atoms with Crippen LogP contribution in [0.5, 0.6) is 0 Å². The van der Waals surface area contributed by atoms with E-state index in [1.807, 2.05) is 25.1 Å². The van der Waals surface area contributed by atoms with E-state index in [4.69, 9.17) is 17.0 Å². The third-order valence-electron chi connectivity index (χ3n) is 2.38. The summed E-state index contributed by atoms with van der Waals surface area (Å²) in [5.41, 5.74) is 2.52. The van der Waals surface area contributed by atoms with Crippen LogP contribution in [0.25, 0.3) is 0 Å². The first-order valence-corrected chi connectivity index (χ1v) is 7.43. The van der Waals surface area contributed by atoms with Crippen molar-refractivity contribution in [2.24, 2.45) is 0 Å². The zero-order valence-electron chi connectivity index (χ0n) is 11.2. The minimum Gasteiger partial charge on any atom is -0.370 e. The SMILES string of the molecule is CC(=S)SC/C(C)=C\C(C)OCc1ccccc1. The highest BCUT2D eigenvalue weighted by Gasteiger charge is 2.01. The maximum absolute atomic E-state index is 5.79. The van der Waals surface area contributed by atoms with Gasteiger partial charge in [0.15, 0.2) is 0 Å². The van der Waals surface area contributed by atoms with Crippen molar-refractivity contribution in [3.63, 3.8) is 0 Å². The molecule has 1 aromatic carbocycles. The van der Waals surface area contributed by atoms with E-state index in [1.165, 1.54) is 11.1 Å². The Morgan fingerprint density at radius 3 is 2.61 bits per heavy atom. The summed E-state index contributed by atoms with van der Waals surface area (Å²) in [7, 11) is 0. The number of hydrogen-bond acceptors (Lipinski definition) is 3. The van der Waals surface area contributed by atoms with Crippen molar-refractivity contribution in [1.29, 1.82) is 0 Å². The second-order valence-electron chi connectivity index (χ2n) is 4.29. The zero-order valence-corrected chi connectivity index (χ0v) is 12.8. The normalized spacial score (nSPS) is 13.4. The van der Waals surface area contributed by atoms with E-state index in [9.17, 15) is 0 Å². The van der Waals surface area contributed by atoms with Crippen molar-refractivity contribution in [3.05, 3.63) is 47.5 Å². The molecule has 0 saturated carbocycles. The number of rotatable bonds is 6. The van der Waals surface area contributed by atoms with Crippen molar-refractivity contribution in [3.8, 4) is 0 Å². The second-order valence-corrected chi connectivity index (χ2v) is 6.36. The molecule has 0 heterocycles. The van der Waals surface area contributed by atoms with Gasteiger partial charge in [0.25, 0.3) is 0 Å². The summed E-state index contributed by atoms with van der Waals surface area (Å²) in [5.74, 6) is 0.953. The van der Waals surface area contributed by atoms with Gasteiger partial charge < -0.3 is 4.74 Å². The average Bonchev–Trinajstić information content (AvgIpc) is 2.35. The van der Waals surface area contributed by atoms with Crippen LogP contribution in [0.1, 0.15) is 26.3 Å². The van der Waals surface area contributed by atoms with E-state index in [0.29, 0.717) is 6.61 Å². The number of thiocarbonyl (C=S) groups is 1. The van der Waals surface area contributed by atoms with Crippen LogP contribution in [0.3, 0.4) is 0 Å². The van der Waals surface area contributed by atoms with Crippen LogP contribution in [-0.2, 0) is 11.3 Å². The molecule has 0 amide bonds. The molecule has 0 aliphatic heterocycles. The van der Waals surface area contributed by atoms with Crippen LogP contribution in [0.2, 0.25) is 0 Å². The second kappa shape index (κ2) is 8.46. The van der Waals surface area contributed by atoms with Gasteiger partial charge in [0, 0.05) is 9.95 Å². The smallest absolute Gasteiger partial charge is 0.0735 e. The summed E-state index contributed by atoms with van der Waals surface area (Å²) in [5, 5.41) is 0. The Balaban J connectivity index is 2.34. The van der Waals surface area contributed by atoms with Gasteiger partial charge in [-0.15, -0.1) is 11.8 Å². The van der Waals surface area contributed by atoms with Crippen molar-refractivity contribution < 1.29 is 4.74 Å². The summed E-state index contributed by atoms with van der Waals surface area (Å²) in [6.07, 6.45) is 2.30. The van der Waals surface area contributed by atoms with Gasteiger partial charge in [-0.05, 0) is 26.3 Å². The molecular weight excluding hydrogens is 260 g/mol. The Hall–Kier alpha value is -0.640. The highest BCUT2D eigenvalue weighted by molar-refractivity contribution is 8.23. The molecule has 98 valence electrons. The molecule has 0 N–H and O–H groups in total. The quantitative estimate of drug-likeness (QED) is 0.556. The first kappa shape index (κ1) is 15.4. The molecule has 0 saturated heterocycles. The van der Waals surface area contributed by atoms with Crippen molar-refractivity contribution in [2.45, 2.75) is 33.5 Å². The third kappa shape index (κ3) is 6.94. The van der Waals surface area contributed by atoms with Gasteiger partial charge in [-0.25, -0.2) is 0 Å². The van der Waals surface area contributed by atoms with Gasteiger partial charge in [-0.2, -0.15) is 0 Å². The van der Waals surface area contributed by atoms with Crippen LogP contribution in [0.15, 0.2) is 42.0 Å². The highest BCUT2D eigenvalue weighted by atomic mass is 32.2. The van der Waals surface area contributed by atoms with Crippen LogP contribution in [0, 0.1) is 0 Å². The molecule has 1 nitrogen and oxygen atoms in total. The van der Waals surface area contributed by atoms with Crippen molar-refractivity contribution in [2.75, 3.05) is 5.75 Å². The fourth-order valence-corrected chi connectivity index (χ4v) is 2.22. The topological polar surface area (TPSA) is 9.23 Å². The van der Waals surface area contributed by atoms with Gasteiger partial charge in [-0.1, -0.05) is 54.2 Å². The molecule has 0 aromatic heterocycles. The zero-order chi connectivity index (χ0) is 13.4. The summed E-state index contributed by atoms with van der Waals surface area (Å²) in [6, 6.07) is 10.2. The van der Waals surface area contributed by atoms with Crippen LogP contribution >= 0.6 is 24.0 Å². The van der Waals surface area contributed by atoms with E-state index in [1.54, 1.807) is 11.8 Å². The number of benzene rings is 1. The molecule has 0 fully saturated rings. The largest absolute Gasteiger partial charge is 0.370 e. The molecule has 3 heteroatoms. The number of ether oxygens (including phenoxy) is 1. The lowest BCUT2D eigenvalue weighted by Gasteiger charge is -2.10.